The van der Waals surface area contributed by atoms with Gasteiger partial charge in [-0.05, 0) is 62.3 Å². The standard InChI is InChI=1S/C28H34N4/c1-19-12-15-31(16-13-19)28-23-18-32(25-11-6-5-8-20(25)2)17-14-24(23)29-27(30-28)26-21(3)9-7-10-22(26)4/h5-11,19H,12-18H2,1-4H3. The van der Waals surface area contributed by atoms with Gasteiger partial charge in [0.15, 0.2) is 5.82 Å². The number of aryl methyl sites for hydroxylation is 3. The SMILES string of the molecule is Cc1ccccc1N1CCc2nc(-c3c(C)cccc3C)nc(N3CCC(C)CC3)c2C1. The highest BCUT2D eigenvalue weighted by Gasteiger charge is 2.28. The van der Waals surface area contributed by atoms with Gasteiger partial charge in [-0.2, -0.15) is 0 Å². The molecule has 1 fully saturated rings. The third-order valence-electron chi connectivity index (χ3n) is 7.28. The van der Waals surface area contributed by atoms with E-state index in [4.69, 9.17) is 9.97 Å². The Bertz CT molecular complexity index is 1110. The van der Waals surface area contributed by atoms with Crippen LogP contribution in [0.25, 0.3) is 11.4 Å². The molecular formula is C28H34N4. The van der Waals surface area contributed by atoms with E-state index in [9.17, 15) is 0 Å². The van der Waals surface area contributed by atoms with Gasteiger partial charge in [0.25, 0.3) is 0 Å². The molecule has 32 heavy (non-hydrogen) atoms. The van der Waals surface area contributed by atoms with Crippen molar-refractivity contribution >= 4 is 11.5 Å². The van der Waals surface area contributed by atoms with Gasteiger partial charge in [-0.3, -0.25) is 0 Å². The smallest absolute Gasteiger partial charge is 0.162 e. The Hall–Kier alpha value is -2.88. The quantitative estimate of drug-likeness (QED) is 0.524. The lowest BCUT2D eigenvalue weighted by Crippen LogP contribution is -2.38. The van der Waals surface area contributed by atoms with Gasteiger partial charge < -0.3 is 9.80 Å². The molecule has 3 aromatic rings. The van der Waals surface area contributed by atoms with Crippen LogP contribution in [-0.2, 0) is 13.0 Å². The summed E-state index contributed by atoms with van der Waals surface area (Å²) in [6.45, 7) is 13.0. The Kier molecular flexibility index (Phi) is 5.62. The summed E-state index contributed by atoms with van der Waals surface area (Å²) >= 11 is 0. The average molecular weight is 427 g/mol. The summed E-state index contributed by atoms with van der Waals surface area (Å²) in [7, 11) is 0. The number of benzene rings is 2. The van der Waals surface area contributed by atoms with Crippen molar-refractivity contribution in [2.24, 2.45) is 5.92 Å². The number of anilines is 2. The van der Waals surface area contributed by atoms with E-state index in [1.165, 1.54) is 52.0 Å². The summed E-state index contributed by atoms with van der Waals surface area (Å²) in [5.74, 6) is 2.86. The maximum absolute atomic E-state index is 5.27. The maximum Gasteiger partial charge on any atom is 0.162 e. The van der Waals surface area contributed by atoms with E-state index in [2.05, 4.69) is 80.0 Å². The van der Waals surface area contributed by atoms with E-state index < -0.39 is 0 Å². The van der Waals surface area contributed by atoms with E-state index in [1.54, 1.807) is 0 Å². The molecular weight excluding hydrogens is 392 g/mol. The van der Waals surface area contributed by atoms with Crippen molar-refractivity contribution in [2.75, 3.05) is 29.4 Å². The normalized spacial score (nSPS) is 16.9. The minimum absolute atomic E-state index is 0.797. The molecule has 0 atom stereocenters. The van der Waals surface area contributed by atoms with Gasteiger partial charge in [0.2, 0.25) is 0 Å². The molecule has 166 valence electrons. The molecule has 0 radical (unpaired) electrons. The second-order valence-electron chi connectivity index (χ2n) is 9.69. The first-order chi connectivity index (χ1) is 15.5. The Morgan fingerprint density at radius 3 is 2.19 bits per heavy atom. The zero-order chi connectivity index (χ0) is 22.2. The predicted molar refractivity (Wildman–Crippen MR) is 133 cm³/mol. The number of hydrogen-bond acceptors (Lipinski definition) is 4. The highest BCUT2D eigenvalue weighted by molar-refractivity contribution is 5.68. The van der Waals surface area contributed by atoms with Crippen LogP contribution in [-0.4, -0.2) is 29.6 Å². The number of para-hydroxylation sites is 1. The van der Waals surface area contributed by atoms with Gasteiger partial charge in [0.1, 0.15) is 5.82 Å². The molecule has 2 aliphatic rings. The fourth-order valence-electron chi connectivity index (χ4n) is 5.28. The van der Waals surface area contributed by atoms with Crippen LogP contribution < -0.4 is 9.80 Å². The Morgan fingerprint density at radius 2 is 1.47 bits per heavy atom. The molecule has 4 heteroatoms. The van der Waals surface area contributed by atoms with Gasteiger partial charge in [0.05, 0.1) is 5.69 Å². The average Bonchev–Trinajstić information content (AvgIpc) is 2.79. The fraction of sp³-hybridized carbons (Fsp3) is 0.429. The summed E-state index contributed by atoms with van der Waals surface area (Å²) < 4.78 is 0. The summed E-state index contributed by atoms with van der Waals surface area (Å²) in [4.78, 5) is 15.5. The van der Waals surface area contributed by atoms with Crippen molar-refractivity contribution in [1.82, 2.24) is 9.97 Å². The molecule has 3 heterocycles. The molecule has 2 aromatic carbocycles. The Balaban J connectivity index is 1.60. The predicted octanol–water partition coefficient (Wildman–Crippen LogP) is 5.87. The van der Waals surface area contributed by atoms with Crippen molar-refractivity contribution in [3.05, 3.63) is 70.4 Å². The third kappa shape index (κ3) is 3.87. The highest BCUT2D eigenvalue weighted by atomic mass is 15.2. The molecule has 0 unspecified atom stereocenters. The van der Waals surface area contributed by atoms with E-state index in [-0.39, 0.29) is 0 Å². The van der Waals surface area contributed by atoms with E-state index in [1.807, 2.05) is 0 Å². The molecule has 0 amide bonds. The highest BCUT2D eigenvalue weighted by Crippen LogP contribution is 2.35. The van der Waals surface area contributed by atoms with Crippen LogP contribution in [0, 0.1) is 26.7 Å². The first-order valence-corrected chi connectivity index (χ1v) is 12.0. The topological polar surface area (TPSA) is 32.3 Å². The molecule has 4 nitrogen and oxygen atoms in total. The minimum Gasteiger partial charge on any atom is -0.366 e. The molecule has 5 rings (SSSR count). The molecule has 1 saturated heterocycles. The van der Waals surface area contributed by atoms with Crippen LogP contribution in [0.4, 0.5) is 11.5 Å². The zero-order valence-corrected chi connectivity index (χ0v) is 19.9. The number of nitrogens with zero attached hydrogens (tertiary/aromatic N) is 4. The van der Waals surface area contributed by atoms with Crippen molar-refractivity contribution in [3.8, 4) is 11.4 Å². The lowest BCUT2D eigenvalue weighted by molar-refractivity contribution is 0.435. The van der Waals surface area contributed by atoms with Crippen LogP contribution in [0.1, 0.15) is 47.7 Å². The lowest BCUT2D eigenvalue weighted by Gasteiger charge is -2.37. The van der Waals surface area contributed by atoms with Crippen LogP contribution >= 0.6 is 0 Å². The molecule has 0 saturated carbocycles. The van der Waals surface area contributed by atoms with Crippen LogP contribution in [0.3, 0.4) is 0 Å². The van der Waals surface area contributed by atoms with Gasteiger partial charge in [-0.25, -0.2) is 9.97 Å². The van der Waals surface area contributed by atoms with Crippen LogP contribution in [0.2, 0.25) is 0 Å². The molecule has 0 spiro atoms. The largest absolute Gasteiger partial charge is 0.366 e. The first-order valence-electron chi connectivity index (χ1n) is 12.0. The van der Waals surface area contributed by atoms with E-state index in [0.717, 1.165) is 50.2 Å². The fourth-order valence-corrected chi connectivity index (χ4v) is 5.28. The third-order valence-corrected chi connectivity index (χ3v) is 7.28. The van der Waals surface area contributed by atoms with Gasteiger partial charge >= 0.3 is 0 Å². The number of aromatic nitrogens is 2. The second kappa shape index (κ2) is 8.57. The lowest BCUT2D eigenvalue weighted by atomic mass is 9.97. The van der Waals surface area contributed by atoms with E-state index in [0.29, 0.717) is 0 Å². The second-order valence-corrected chi connectivity index (χ2v) is 9.69. The molecule has 0 N–H and O–H groups in total. The molecule has 1 aromatic heterocycles. The summed E-state index contributed by atoms with van der Waals surface area (Å²) in [5.41, 5.74) is 8.91. The van der Waals surface area contributed by atoms with Crippen molar-refractivity contribution in [1.29, 1.82) is 0 Å². The van der Waals surface area contributed by atoms with Crippen molar-refractivity contribution in [3.63, 3.8) is 0 Å². The zero-order valence-electron chi connectivity index (χ0n) is 19.9. The minimum atomic E-state index is 0.797. The Morgan fingerprint density at radius 1 is 0.781 bits per heavy atom. The monoisotopic (exact) mass is 426 g/mol. The summed E-state index contributed by atoms with van der Waals surface area (Å²) in [5, 5.41) is 0. The number of fused-ring (bicyclic) bond motifs is 1. The number of piperidine rings is 1. The van der Waals surface area contributed by atoms with Crippen molar-refractivity contribution in [2.45, 2.75) is 53.5 Å². The molecule has 0 aliphatic carbocycles. The van der Waals surface area contributed by atoms with Gasteiger partial charge in [-0.1, -0.05) is 43.3 Å². The number of rotatable bonds is 3. The molecule has 0 bridgehead atoms. The Labute approximate surface area is 192 Å². The molecule has 2 aliphatic heterocycles. The first kappa shape index (κ1) is 21.0. The summed E-state index contributed by atoms with van der Waals surface area (Å²) in [6.07, 6.45) is 3.43. The van der Waals surface area contributed by atoms with Gasteiger partial charge in [0, 0.05) is 49.4 Å². The van der Waals surface area contributed by atoms with Crippen molar-refractivity contribution < 1.29 is 0 Å². The number of hydrogen-bond donors (Lipinski definition) is 0. The maximum atomic E-state index is 5.27. The van der Waals surface area contributed by atoms with Gasteiger partial charge in [-0.15, -0.1) is 0 Å². The van der Waals surface area contributed by atoms with E-state index >= 15 is 0 Å². The van der Waals surface area contributed by atoms with Crippen LogP contribution in [0.5, 0.6) is 0 Å². The van der Waals surface area contributed by atoms with Crippen LogP contribution in [0.15, 0.2) is 42.5 Å². The summed E-state index contributed by atoms with van der Waals surface area (Å²) in [6, 6.07) is 15.2.